The molecule has 138 valence electrons. The first kappa shape index (κ1) is 17.5. The third-order valence-electron chi connectivity index (χ3n) is 4.90. The fourth-order valence-electron chi connectivity index (χ4n) is 3.16. The molecule has 0 bridgehead atoms. The summed E-state index contributed by atoms with van der Waals surface area (Å²) in [5.74, 6) is 1.28. The average Bonchev–Trinajstić information content (AvgIpc) is 2.97. The molecule has 2 aromatic heterocycles. The Kier molecular flexibility index (Phi) is 4.53. The van der Waals surface area contributed by atoms with Crippen molar-refractivity contribution in [2.75, 3.05) is 14.1 Å². The summed E-state index contributed by atoms with van der Waals surface area (Å²) in [7, 11) is 4.08. The number of rotatable bonds is 4. The molecule has 3 aromatic rings. The van der Waals surface area contributed by atoms with Gasteiger partial charge in [0.15, 0.2) is 5.82 Å². The van der Waals surface area contributed by atoms with Crippen molar-refractivity contribution < 1.29 is 4.39 Å². The molecule has 4 rings (SSSR count). The van der Waals surface area contributed by atoms with Crippen molar-refractivity contribution in [3.8, 4) is 5.69 Å². The van der Waals surface area contributed by atoms with Crippen LogP contribution in [0.15, 0.2) is 47.6 Å². The van der Waals surface area contributed by atoms with Crippen LogP contribution in [0.3, 0.4) is 0 Å². The summed E-state index contributed by atoms with van der Waals surface area (Å²) in [5, 5.41) is 8.74. The van der Waals surface area contributed by atoms with Crippen molar-refractivity contribution in [2.45, 2.75) is 25.9 Å². The van der Waals surface area contributed by atoms with Gasteiger partial charge >= 0.3 is 0 Å². The van der Waals surface area contributed by atoms with Crippen LogP contribution >= 0.6 is 0 Å². The highest BCUT2D eigenvalue weighted by Crippen LogP contribution is 2.26. The van der Waals surface area contributed by atoms with Gasteiger partial charge in [-0.15, -0.1) is 10.2 Å². The second-order valence-corrected chi connectivity index (χ2v) is 6.93. The van der Waals surface area contributed by atoms with Crippen LogP contribution in [0.2, 0.25) is 0 Å². The van der Waals surface area contributed by atoms with E-state index < -0.39 is 0 Å². The maximum absolute atomic E-state index is 14.1. The van der Waals surface area contributed by atoms with Crippen LogP contribution in [0, 0.1) is 5.82 Å². The molecule has 0 spiro atoms. The second-order valence-electron chi connectivity index (χ2n) is 6.93. The monoisotopic (exact) mass is 364 g/mol. The molecule has 3 heterocycles. The lowest BCUT2D eigenvalue weighted by molar-refractivity contribution is 0.307. The lowest BCUT2D eigenvalue weighted by Crippen LogP contribution is -2.28. The first-order valence-corrected chi connectivity index (χ1v) is 8.90. The number of nitrogens with zero attached hydrogens (tertiary/aromatic N) is 6. The Labute approximate surface area is 157 Å². The molecule has 1 aliphatic rings. The molecule has 0 saturated carbocycles. The molecule has 6 nitrogen and oxygen atoms in total. The molecule has 0 radical (unpaired) electrons. The SMILES string of the molecule is CC(Cc1nnc2n1-c1ccc(F)cc1C(c1ccccn1)=NC2)N(C)C. The molecular weight excluding hydrogens is 343 g/mol. The number of likely N-dealkylation sites (N-methyl/N-ethyl adjacent to an activating group) is 1. The first-order chi connectivity index (χ1) is 13.0. The molecule has 1 unspecified atom stereocenters. The zero-order chi connectivity index (χ0) is 19.0. The average molecular weight is 364 g/mol. The zero-order valence-corrected chi connectivity index (χ0v) is 15.6. The van der Waals surface area contributed by atoms with E-state index in [-0.39, 0.29) is 5.82 Å². The van der Waals surface area contributed by atoms with E-state index in [1.165, 1.54) is 12.1 Å². The number of fused-ring (bicyclic) bond motifs is 3. The summed E-state index contributed by atoms with van der Waals surface area (Å²) in [6, 6.07) is 10.7. The highest BCUT2D eigenvalue weighted by Gasteiger charge is 2.24. The maximum atomic E-state index is 14.1. The maximum Gasteiger partial charge on any atom is 0.159 e. The van der Waals surface area contributed by atoms with Gasteiger partial charge < -0.3 is 4.90 Å². The molecule has 0 aliphatic carbocycles. The lowest BCUT2D eigenvalue weighted by Gasteiger charge is -2.20. The Morgan fingerprint density at radius 3 is 2.78 bits per heavy atom. The van der Waals surface area contributed by atoms with E-state index >= 15 is 0 Å². The summed E-state index contributed by atoms with van der Waals surface area (Å²) in [6.45, 7) is 2.51. The van der Waals surface area contributed by atoms with Crippen molar-refractivity contribution in [1.29, 1.82) is 0 Å². The predicted octanol–water partition coefficient (Wildman–Crippen LogP) is 2.65. The summed E-state index contributed by atoms with van der Waals surface area (Å²) in [4.78, 5) is 11.2. The molecular formula is C20H21FN6. The fraction of sp³-hybridized carbons (Fsp3) is 0.300. The molecule has 7 heteroatoms. The Morgan fingerprint density at radius 2 is 2.04 bits per heavy atom. The lowest BCUT2D eigenvalue weighted by atomic mass is 10.0. The van der Waals surface area contributed by atoms with Gasteiger partial charge in [-0.1, -0.05) is 6.07 Å². The van der Waals surface area contributed by atoms with Gasteiger partial charge in [0.1, 0.15) is 18.2 Å². The number of pyridine rings is 1. The van der Waals surface area contributed by atoms with Gasteiger partial charge in [0, 0.05) is 24.2 Å². The molecule has 1 aromatic carbocycles. The number of aromatic nitrogens is 4. The quantitative estimate of drug-likeness (QED) is 0.714. The summed E-state index contributed by atoms with van der Waals surface area (Å²) in [5.41, 5.74) is 2.92. The minimum absolute atomic E-state index is 0.293. The Hall–Kier alpha value is -2.93. The van der Waals surface area contributed by atoms with Crippen LogP contribution < -0.4 is 0 Å². The summed E-state index contributed by atoms with van der Waals surface area (Å²) >= 11 is 0. The number of benzene rings is 1. The molecule has 1 atom stereocenters. The van der Waals surface area contributed by atoms with Gasteiger partial charge in [-0.25, -0.2) is 4.39 Å². The van der Waals surface area contributed by atoms with Crippen LogP contribution in [-0.2, 0) is 13.0 Å². The highest BCUT2D eigenvalue weighted by atomic mass is 19.1. The summed E-state index contributed by atoms with van der Waals surface area (Å²) in [6.07, 6.45) is 2.45. The Balaban J connectivity index is 1.87. The van der Waals surface area contributed by atoms with Crippen LogP contribution in [0.25, 0.3) is 5.69 Å². The van der Waals surface area contributed by atoms with Crippen LogP contribution in [-0.4, -0.2) is 50.5 Å². The van der Waals surface area contributed by atoms with E-state index in [4.69, 9.17) is 4.99 Å². The van der Waals surface area contributed by atoms with Crippen LogP contribution in [0.1, 0.15) is 29.8 Å². The smallest absolute Gasteiger partial charge is 0.159 e. The molecule has 0 fully saturated rings. The largest absolute Gasteiger partial charge is 0.306 e. The van der Waals surface area contributed by atoms with E-state index in [1.54, 1.807) is 12.3 Å². The second kappa shape index (κ2) is 7.00. The predicted molar refractivity (Wildman–Crippen MR) is 102 cm³/mol. The third-order valence-corrected chi connectivity index (χ3v) is 4.90. The van der Waals surface area contributed by atoms with Crippen LogP contribution in [0.4, 0.5) is 4.39 Å². The summed E-state index contributed by atoms with van der Waals surface area (Å²) < 4.78 is 16.1. The van der Waals surface area contributed by atoms with Gasteiger partial charge in [-0.2, -0.15) is 0 Å². The van der Waals surface area contributed by atoms with Crippen molar-refractivity contribution in [2.24, 2.45) is 4.99 Å². The molecule has 0 N–H and O–H groups in total. The van der Waals surface area contributed by atoms with Crippen molar-refractivity contribution >= 4 is 5.71 Å². The number of hydrogen-bond donors (Lipinski definition) is 0. The van der Waals surface area contributed by atoms with Gasteiger partial charge in [-0.3, -0.25) is 14.5 Å². The van der Waals surface area contributed by atoms with E-state index in [9.17, 15) is 4.39 Å². The van der Waals surface area contributed by atoms with Crippen LogP contribution in [0.5, 0.6) is 0 Å². The minimum Gasteiger partial charge on any atom is -0.306 e. The number of halogens is 1. The fourth-order valence-corrected chi connectivity index (χ4v) is 3.16. The molecule has 27 heavy (non-hydrogen) atoms. The van der Waals surface area contributed by atoms with Gasteiger partial charge in [0.25, 0.3) is 0 Å². The zero-order valence-electron chi connectivity index (χ0n) is 15.6. The van der Waals surface area contributed by atoms with E-state index in [0.29, 0.717) is 29.6 Å². The third kappa shape index (κ3) is 3.26. The molecule has 1 aliphatic heterocycles. The highest BCUT2D eigenvalue weighted by molar-refractivity contribution is 6.14. The topological polar surface area (TPSA) is 59.2 Å². The van der Waals surface area contributed by atoms with E-state index in [2.05, 4.69) is 27.0 Å². The first-order valence-electron chi connectivity index (χ1n) is 8.90. The van der Waals surface area contributed by atoms with Gasteiger partial charge in [-0.05, 0) is 51.4 Å². The molecule has 0 amide bonds. The Bertz CT molecular complexity index is 993. The van der Waals surface area contributed by atoms with Crippen molar-refractivity contribution in [1.82, 2.24) is 24.6 Å². The van der Waals surface area contributed by atoms with E-state index in [1.807, 2.05) is 36.9 Å². The minimum atomic E-state index is -0.308. The normalized spacial score (nSPS) is 14.3. The van der Waals surface area contributed by atoms with Crippen molar-refractivity contribution in [3.05, 3.63) is 71.3 Å². The standard InChI is InChI=1S/C20H21FN6/c1-13(26(2)3)10-18-24-25-19-12-23-20(16-6-4-5-9-22-16)15-11-14(21)7-8-17(15)27(18)19/h4-9,11,13H,10,12H2,1-3H3. The van der Waals surface area contributed by atoms with E-state index in [0.717, 1.165) is 23.8 Å². The number of aliphatic imine (C=N–C) groups is 1. The van der Waals surface area contributed by atoms with Gasteiger partial charge in [0.05, 0.1) is 17.1 Å². The number of hydrogen-bond acceptors (Lipinski definition) is 5. The van der Waals surface area contributed by atoms with Crippen molar-refractivity contribution in [3.63, 3.8) is 0 Å². The Morgan fingerprint density at radius 1 is 1.19 bits per heavy atom. The van der Waals surface area contributed by atoms with Gasteiger partial charge in [0.2, 0.25) is 0 Å². The molecule has 0 saturated heterocycles.